The third kappa shape index (κ3) is 4.26. The number of nitro benzene ring substituents is 1. The van der Waals surface area contributed by atoms with Gasteiger partial charge in [0.1, 0.15) is 11.5 Å². The Morgan fingerprint density at radius 3 is 2.64 bits per heavy atom. The van der Waals surface area contributed by atoms with Crippen molar-refractivity contribution >= 4 is 33.1 Å². The zero-order valence-corrected chi connectivity index (χ0v) is 15.8. The van der Waals surface area contributed by atoms with E-state index in [1.807, 2.05) is 0 Å². The Morgan fingerprint density at radius 2 is 2.00 bits per heavy atom. The van der Waals surface area contributed by atoms with Crippen molar-refractivity contribution in [1.82, 2.24) is 4.57 Å². The summed E-state index contributed by atoms with van der Waals surface area (Å²) >= 11 is 1.20. The van der Waals surface area contributed by atoms with Gasteiger partial charge in [0.15, 0.2) is 11.4 Å². The number of carbonyl (C=O) groups is 1. The van der Waals surface area contributed by atoms with E-state index in [0.29, 0.717) is 27.5 Å². The van der Waals surface area contributed by atoms with Crippen molar-refractivity contribution in [3.63, 3.8) is 0 Å². The molecule has 0 N–H and O–H groups in total. The van der Waals surface area contributed by atoms with Gasteiger partial charge in [0.05, 0.1) is 22.2 Å². The second-order valence-electron chi connectivity index (χ2n) is 5.66. The zero-order valence-electron chi connectivity index (χ0n) is 15.0. The molecule has 2 aromatic carbocycles. The monoisotopic (exact) mass is 399 g/mol. The van der Waals surface area contributed by atoms with E-state index in [0.717, 1.165) is 5.52 Å². The fraction of sp³-hybridized carbons (Fsp3) is 0.158. The molecule has 1 heterocycles. The number of non-ortho nitro benzene ring substituents is 1. The number of rotatable bonds is 7. The fourth-order valence-electron chi connectivity index (χ4n) is 2.52. The maximum absolute atomic E-state index is 12.3. The molecule has 0 aliphatic carbocycles. The Hall–Kier alpha value is -3.46. The maximum atomic E-state index is 12.3. The molecule has 1 amide bonds. The molecule has 0 saturated carbocycles. The molecule has 28 heavy (non-hydrogen) atoms. The molecular weight excluding hydrogens is 382 g/mol. The third-order valence-electron chi connectivity index (χ3n) is 3.83. The molecule has 0 saturated heterocycles. The quantitative estimate of drug-likeness (QED) is 0.345. The molecule has 0 radical (unpaired) electrons. The van der Waals surface area contributed by atoms with Crippen LogP contribution in [0.15, 0.2) is 60.1 Å². The highest BCUT2D eigenvalue weighted by atomic mass is 32.1. The minimum Gasteiger partial charge on any atom is -0.497 e. The van der Waals surface area contributed by atoms with Crippen LogP contribution in [0.4, 0.5) is 5.69 Å². The van der Waals surface area contributed by atoms with Gasteiger partial charge in [-0.15, -0.1) is 6.58 Å². The molecule has 0 unspecified atom stereocenters. The number of amides is 1. The van der Waals surface area contributed by atoms with E-state index in [1.54, 1.807) is 48.1 Å². The number of thiazole rings is 1. The van der Waals surface area contributed by atoms with Crippen molar-refractivity contribution < 1.29 is 19.2 Å². The molecule has 144 valence electrons. The summed E-state index contributed by atoms with van der Waals surface area (Å²) in [7, 11) is 1.57. The van der Waals surface area contributed by atoms with Crippen LogP contribution in [0.25, 0.3) is 10.2 Å². The first-order chi connectivity index (χ1) is 13.5. The zero-order chi connectivity index (χ0) is 20.1. The summed E-state index contributed by atoms with van der Waals surface area (Å²) in [6.07, 6.45) is 1.67. The highest BCUT2D eigenvalue weighted by molar-refractivity contribution is 7.16. The van der Waals surface area contributed by atoms with Crippen LogP contribution in [0, 0.1) is 10.1 Å². The standard InChI is InChI=1S/C19H17N3O5S/c1-3-10-21-16-9-4-13(22(24)25)11-17(16)28-19(21)20-18(23)12-27-15-7-5-14(26-2)6-8-15/h3-9,11H,1,10,12H2,2H3. The largest absolute Gasteiger partial charge is 0.497 e. The van der Waals surface area contributed by atoms with Crippen LogP contribution in [0.5, 0.6) is 11.5 Å². The molecule has 3 aromatic rings. The molecule has 0 spiro atoms. The summed E-state index contributed by atoms with van der Waals surface area (Å²) in [6, 6.07) is 11.4. The topological polar surface area (TPSA) is 96.0 Å². The van der Waals surface area contributed by atoms with E-state index in [-0.39, 0.29) is 12.3 Å². The Bertz CT molecular complexity index is 1100. The minimum absolute atomic E-state index is 0.0137. The molecule has 3 rings (SSSR count). The second kappa shape index (κ2) is 8.49. The molecule has 1 aromatic heterocycles. The number of carbonyl (C=O) groups excluding carboxylic acids is 1. The van der Waals surface area contributed by atoms with Crippen LogP contribution < -0.4 is 14.3 Å². The Balaban J connectivity index is 1.86. The number of benzene rings is 2. The lowest BCUT2D eigenvalue weighted by atomic mass is 10.3. The molecule has 8 nitrogen and oxygen atoms in total. The fourth-order valence-corrected chi connectivity index (χ4v) is 3.61. The highest BCUT2D eigenvalue weighted by Gasteiger charge is 2.12. The van der Waals surface area contributed by atoms with Gasteiger partial charge in [-0.05, 0) is 30.3 Å². The van der Waals surface area contributed by atoms with E-state index in [9.17, 15) is 14.9 Å². The number of hydrogen-bond donors (Lipinski definition) is 0. The number of allylic oxidation sites excluding steroid dienone is 1. The molecule has 0 fully saturated rings. The first kappa shape index (κ1) is 19.3. The first-order valence-electron chi connectivity index (χ1n) is 8.25. The average molecular weight is 399 g/mol. The van der Waals surface area contributed by atoms with Gasteiger partial charge in [-0.1, -0.05) is 17.4 Å². The van der Waals surface area contributed by atoms with Gasteiger partial charge in [0, 0.05) is 18.7 Å². The highest BCUT2D eigenvalue weighted by Crippen LogP contribution is 2.23. The van der Waals surface area contributed by atoms with Gasteiger partial charge in [0.2, 0.25) is 0 Å². The van der Waals surface area contributed by atoms with E-state index >= 15 is 0 Å². The van der Waals surface area contributed by atoms with Crippen LogP contribution in [0.2, 0.25) is 0 Å². The smallest absolute Gasteiger partial charge is 0.286 e. The van der Waals surface area contributed by atoms with Crippen LogP contribution in [0.3, 0.4) is 0 Å². The Morgan fingerprint density at radius 1 is 1.29 bits per heavy atom. The summed E-state index contributed by atoms with van der Waals surface area (Å²) in [4.78, 5) is 27.3. The van der Waals surface area contributed by atoms with E-state index in [4.69, 9.17) is 9.47 Å². The molecule has 0 aliphatic rings. The number of hydrogen-bond acceptors (Lipinski definition) is 6. The van der Waals surface area contributed by atoms with Gasteiger partial charge in [0.25, 0.3) is 11.6 Å². The number of nitrogens with zero attached hydrogens (tertiary/aromatic N) is 3. The van der Waals surface area contributed by atoms with E-state index in [2.05, 4.69) is 11.6 Å². The summed E-state index contributed by atoms with van der Waals surface area (Å²) in [5.41, 5.74) is 0.735. The number of nitro groups is 1. The van der Waals surface area contributed by atoms with Gasteiger partial charge < -0.3 is 14.0 Å². The Labute approximate surface area is 164 Å². The number of methoxy groups -OCH3 is 1. The van der Waals surface area contributed by atoms with Crippen molar-refractivity contribution in [2.45, 2.75) is 6.54 Å². The molecule has 0 aliphatic heterocycles. The summed E-state index contributed by atoms with van der Waals surface area (Å²) in [5.74, 6) is 0.748. The lowest BCUT2D eigenvalue weighted by Crippen LogP contribution is -2.19. The van der Waals surface area contributed by atoms with Crippen LogP contribution in [-0.4, -0.2) is 29.1 Å². The van der Waals surface area contributed by atoms with Crippen molar-refractivity contribution in [1.29, 1.82) is 0 Å². The molecule has 9 heteroatoms. The van der Waals surface area contributed by atoms with E-state index in [1.165, 1.54) is 23.5 Å². The third-order valence-corrected chi connectivity index (χ3v) is 4.87. The molecule has 0 atom stereocenters. The lowest BCUT2D eigenvalue weighted by molar-refractivity contribution is -0.384. The van der Waals surface area contributed by atoms with Crippen LogP contribution >= 0.6 is 11.3 Å². The SMILES string of the molecule is C=CCn1c(=NC(=O)COc2ccc(OC)cc2)sc2cc([N+](=O)[O-])ccc21. The average Bonchev–Trinajstić information content (AvgIpc) is 3.03. The first-order valence-corrected chi connectivity index (χ1v) is 9.06. The van der Waals surface area contributed by atoms with Crippen LogP contribution in [0.1, 0.15) is 0 Å². The van der Waals surface area contributed by atoms with E-state index < -0.39 is 10.8 Å². The van der Waals surface area contributed by atoms with Crippen LogP contribution in [-0.2, 0) is 11.3 Å². The van der Waals surface area contributed by atoms with Gasteiger partial charge in [-0.25, -0.2) is 0 Å². The summed E-state index contributed by atoms with van der Waals surface area (Å²) in [6.45, 7) is 3.91. The van der Waals surface area contributed by atoms with Crippen molar-refractivity contribution in [3.8, 4) is 11.5 Å². The minimum atomic E-state index is -0.463. The Kier molecular flexibility index (Phi) is 5.85. The maximum Gasteiger partial charge on any atom is 0.286 e. The number of aromatic nitrogens is 1. The predicted molar refractivity (Wildman–Crippen MR) is 106 cm³/mol. The van der Waals surface area contributed by atoms with Crippen molar-refractivity contribution in [2.24, 2.45) is 4.99 Å². The van der Waals surface area contributed by atoms with Gasteiger partial charge in [-0.3, -0.25) is 14.9 Å². The molecular formula is C19H17N3O5S. The van der Waals surface area contributed by atoms with Gasteiger partial charge in [-0.2, -0.15) is 4.99 Å². The number of ether oxygens (including phenoxy) is 2. The molecule has 0 bridgehead atoms. The predicted octanol–water partition coefficient (Wildman–Crippen LogP) is 3.31. The second-order valence-corrected chi connectivity index (χ2v) is 6.67. The van der Waals surface area contributed by atoms with Crippen molar-refractivity contribution in [3.05, 3.63) is 70.0 Å². The number of fused-ring (bicyclic) bond motifs is 1. The summed E-state index contributed by atoms with van der Waals surface area (Å²) in [5, 5.41) is 11.0. The summed E-state index contributed by atoms with van der Waals surface area (Å²) < 4.78 is 13.0. The van der Waals surface area contributed by atoms with Gasteiger partial charge >= 0.3 is 0 Å². The normalized spacial score (nSPS) is 11.4. The van der Waals surface area contributed by atoms with Crippen molar-refractivity contribution in [2.75, 3.05) is 13.7 Å². The lowest BCUT2D eigenvalue weighted by Gasteiger charge is -2.04.